The number of nitrogens with zero attached hydrogens (tertiary/aromatic N) is 3. The number of fused-ring (bicyclic) bond motifs is 1. The zero-order valence-corrected chi connectivity index (χ0v) is 15.6. The average molecular weight is 370 g/mol. The number of hydrogen-bond donors (Lipinski definition) is 1. The molecule has 0 radical (unpaired) electrons. The van der Waals surface area contributed by atoms with Crippen LogP contribution >= 0.6 is 11.8 Å². The molecular weight excluding hydrogens is 348 g/mol. The van der Waals surface area contributed by atoms with Crippen molar-refractivity contribution in [1.82, 2.24) is 14.7 Å². The molecule has 1 saturated heterocycles. The SMILES string of the molecule is C[C@@H]1CCCN(C(=O)C(=O)Nc2c3c(nn2-c2ccccc2)CSC3)C1. The van der Waals surface area contributed by atoms with E-state index < -0.39 is 11.8 Å². The number of anilines is 1. The van der Waals surface area contributed by atoms with E-state index in [0.717, 1.165) is 41.3 Å². The maximum absolute atomic E-state index is 12.6. The first kappa shape index (κ1) is 17.1. The van der Waals surface area contributed by atoms with Crippen LogP contribution in [0, 0.1) is 5.92 Å². The van der Waals surface area contributed by atoms with Gasteiger partial charge in [0.25, 0.3) is 0 Å². The van der Waals surface area contributed by atoms with Gasteiger partial charge in [-0.3, -0.25) is 9.59 Å². The predicted octanol–water partition coefficient (Wildman–Crippen LogP) is 2.82. The van der Waals surface area contributed by atoms with Crippen molar-refractivity contribution in [2.45, 2.75) is 31.3 Å². The van der Waals surface area contributed by atoms with E-state index in [0.29, 0.717) is 24.8 Å². The predicted molar refractivity (Wildman–Crippen MR) is 102 cm³/mol. The third-order valence-electron chi connectivity index (χ3n) is 4.92. The molecule has 0 saturated carbocycles. The van der Waals surface area contributed by atoms with E-state index in [2.05, 4.69) is 17.3 Å². The number of piperidine rings is 1. The number of likely N-dealkylation sites (tertiary alicyclic amines) is 1. The zero-order chi connectivity index (χ0) is 18.1. The Labute approximate surface area is 156 Å². The van der Waals surface area contributed by atoms with Crippen LogP contribution in [0.15, 0.2) is 30.3 Å². The van der Waals surface area contributed by atoms with Crippen LogP contribution < -0.4 is 5.32 Å². The van der Waals surface area contributed by atoms with Crippen LogP contribution in [0.25, 0.3) is 5.69 Å². The molecule has 1 atom stereocenters. The highest BCUT2D eigenvalue weighted by molar-refractivity contribution is 7.98. The van der Waals surface area contributed by atoms with Gasteiger partial charge >= 0.3 is 11.8 Å². The van der Waals surface area contributed by atoms with Gasteiger partial charge in [-0.1, -0.05) is 25.1 Å². The molecule has 1 N–H and O–H groups in total. The summed E-state index contributed by atoms with van der Waals surface area (Å²) in [5.41, 5.74) is 2.88. The summed E-state index contributed by atoms with van der Waals surface area (Å²) in [5.74, 6) is 1.67. The number of amides is 2. The fourth-order valence-corrected chi connectivity index (χ4v) is 4.61. The Kier molecular flexibility index (Phi) is 4.72. The maximum Gasteiger partial charge on any atom is 0.315 e. The molecule has 6 nitrogen and oxygen atoms in total. The van der Waals surface area contributed by atoms with Crippen molar-refractivity contribution in [2.24, 2.45) is 5.92 Å². The number of carbonyl (C=O) groups excluding carboxylic acids is 2. The number of aromatic nitrogens is 2. The molecule has 26 heavy (non-hydrogen) atoms. The van der Waals surface area contributed by atoms with Crippen molar-refractivity contribution < 1.29 is 9.59 Å². The summed E-state index contributed by atoms with van der Waals surface area (Å²) >= 11 is 1.77. The Morgan fingerprint density at radius 3 is 2.81 bits per heavy atom. The largest absolute Gasteiger partial charge is 0.334 e. The highest BCUT2D eigenvalue weighted by Crippen LogP contribution is 2.36. The van der Waals surface area contributed by atoms with Crippen LogP contribution in [0.3, 0.4) is 0 Å². The van der Waals surface area contributed by atoms with Gasteiger partial charge in [0, 0.05) is 30.2 Å². The maximum atomic E-state index is 12.6. The normalized spacial score (nSPS) is 19.3. The van der Waals surface area contributed by atoms with Gasteiger partial charge in [-0.15, -0.1) is 0 Å². The van der Waals surface area contributed by atoms with E-state index >= 15 is 0 Å². The van der Waals surface area contributed by atoms with Crippen LogP contribution in [-0.2, 0) is 21.1 Å². The number of hydrogen-bond acceptors (Lipinski definition) is 4. The van der Waals surface area contributed by atoms with Gasteiger partial charge in [0.2, 0.25) is 0 Å². The second kappa shape index (κ2) is 7.15. The highest BCUT2D eigenvalue weighted by atomic mass is 32.2. The van der Waals surface area contributed by atoms with Gasteiger partial charge in [0.05, 0.1) is 11.4 Å². The summed E-state index contributed by atoms with van der Waals surface area (Å²) in [7, 11) is 0. The number of benzene rings is 1. The summed E-state index contributed by atoms with van der Waals surface area (Å²) in [6.07, 6.45) is 2.06. The molecule has 1 fully saturated rings. The third kappa shape index (κ3) is 3.23. The molecule has 2 aromatic rings. The second-order valence-electron chi connectivity index (χ2n) is 6.97. The van der Waals surface area contributed by atoms with Crippen LogP contribution in [0.2, 0.25) is 0 Å². The summed E-state index contributed by atoms with van der Waals surface area (Å²) in [5, 5.41) is 7.51. The van der Waals surface area contributed by atoms with Crippen molar-refractivity contribution in [2.75, 3.05) is 18.4 Å². The lowest BCUT2D eigenvalue weighted by Crippen LogP contribution is -2.45. The Morgan fingerprint density at radius 1 is 1.23 bits per heavy atom. The number of thioether (sulfide) groups is 1. The van der Waals surface area contributed by atoms with Crippen molar-refractivity contribution in [1.29, 1.82) is 0 Å². The summed E-state index contributed by atoms with van der Waals surface area (Å²) < 4.78 is 1.74. The minimum Gasteiger partial charge on any atom is -0.334 e. The summed E-state index contributed by atoms with van der Waals surface area (Å²) in [4.78, 5) is 26.9. The lowest BCUT2D eigenvalue weighted by molar-refractivity contribution is -0.144. The highest BCUT2D eigenvalue weighted by Gasteiger charge is 2.30. The fraction of sp³-hybridized carbons (Fsp3) is 0.421. The molecule has 1 aromatic carbocycles. The van der Waals surface area contributed by atoms with Gasteiger partial charge in [0.15, 0.2) is 0 Å². The van der Waals surface area contributed by atoms with Crippen molar-refractivity contribution in [3.05, 3.63) is 41.6 Å². The molecule has 0 unspecified atom stereocenters. The summed E-state index contributed by atoms with van der Waals surface area (Å²) in [6, 6.07) is 9.69. The van der Waals surface area contributed by atoms with Gasteiger partial charge in [-0.2, -0.15) is 16.9 Å². The molecular formula is C19H22N4O2S. The Bertz CT molecular complexity index is 834. The molecule has 136 valence electrons. The molecule has 2 aliphatic rings. The molecule has 2 amide bonds. The first-order valence-corrected chi connectivity index (χ1v) is 10.1. The van der Waals surface area contributed by atoms with Gasteiger partial charge in [0.1, 0.15) is 5.82 Å². The molecule has 0 spiro atoms. The average Bonchev–Trinajstić information content (AvgIpc) is 3.24. The Hall–Kier alpha value is -2.28. The first-order valence-electron chi connectivity index (χ1n) is 8.97. The standard InChI is InChI=1S/C19H22N4O2S/c1-13-6-5-9-22(10-13)19(25)18(24)20-17-15-11-26-12-16(15)21-23(17)14-7-3-2-4-8-14/h2-4,7-8,13H,5-6,9-12H2,1H3,(H,20,24)/t13-/m1/s1. The van der Waals surface area contributed by atoms with Crippen LogP contribution in [-0.4, -0.2) is 39.6 Å². The fourth-order valence-electron chi connectivity index (χ4n) is 3.58. The topological polar surface area (TPSA) is 67.2 Å². The van der Waals surface area contributed by atoms with Crippen molar-refractivity contribution in [3.63, 3.8) is 0 Å². The number of rotatable bonds is 2. The van der Waals surface area contributed by atoms with E-state index in [1.165, 1.54) is 0 Å². The quantitative estimate of drug-likeness (QED) is 0.826. The molecule has 1 aromatic heterocycles. The van der Waals surface area contributed by atoms with E-state index in [1.807, 2.05) is 30.3 Å². The zero-order valence-electron chi connectivity index (χ0n) is 14.8. The van der Waals surface area contributed by atoms with E-state index in [9.17, 15) is 9.59 Å². The van der Waals surface area contributed by atoms with E-state index in [4.69, 9.17) is 0 Å². The van der Waals surface area contributed by atoms with Gasteiger partial charge in [-0.25, -0.2) is 4.68 Å². The molecule has 0 aliphatic carbocycles. The van der Waals surface area contributed by atoms with Gasteiger partial charge < -0.3 is 10.2 Å². The molecule has 7 heteroatoms. The first-order chi connectivity index (χ1) is 12.6. The van der Waals surface area contributed by atoms with E-state index in [1.54, 1.807) is 21.3 Å². The van der Waals surface area contributed by atoms with Crippen LogP contribution in [0.5, 0.6) is 0 Å². The third-order valence-corrected chi connectivity index (χ3v) is 5.89. The lowest BCUT2D eigenvalue weighted by Gasteiger charge is -2.30. The van der Waals surface area contributed by atoms with Crippen LogP contribution in [0.4, 0.5) is 5.82 Å². The molecule has 4 rings (SSSR count). The number of nitrogens with one attached hydrogen (secondary N) is 1. The van der Waals surface area contributed by atoms with Crippen LogP contribution in [0.1, 0.15) is 31.0 Å². The van der Waals surface area contributed by atoms with Crippen molar-refractivity contribution >= 4 is 29.4 Å². The Balaban J connectivity index is 1.59. The smallest absolute Gasteiger partial charge is 0.315 e. The number of para-hydroxylation sites is 1. The second-order valence-corrected chi connectivity index (χ2v) is 7.95. The van der Waals surface area contributed by atoms with E-state index in [-0.39, 0.29) is 0 Å². The lowest BCUT2D eigenvalue weighted by atomic mass is 10.0. The molecule has 0 bridgehead atoms. The molecule has 3 heterocycles. The molecule has 2 aliphatic heterocycles. The Morgan fingerprint density at radius 2 is 2.04 bits per heavy atom. The minimum atomic E-state index is -0.573. The minimum absolute atomic E-state index is 0.441. The summed E-state index contributed by atoms with van der Waals surface area (Å²) in [6.45, 7) is 3.42. The number of carbonyl (C=O) groups is 2. The monoisotopic (exact) mass is 370 g/mol. The van der Waals surface area contributed by atoms with Crippen molar-refractivity contribution in [3.8, 4) is 5.69 Å². The van der Waals surface area contributed by atoms with Gasteiger partial charge in [-0.05, 0) is 30.9 Å².